The Morgan fingerprint density at radius 1 is 1.25 bits per heavy atom. The Morgan fingerprint density at radius 3 is 2.58 bits per heavy atom. The van der Waals surface area contributed by atoms with Crippen LogP contribution >= 0.6 is 0 Å². The van der Waals surface area contributed by atoms with E-state index in [1.165, 1.54) is 7.11 Å². The number of alkyl halides is 3. The van der Waals surface area contributed by atoms with Crippen molar-refractivity contribution in [1.29, 1.82) is 0 Å². The third-order valence-electron chi connectivity index (χ3n) is 3.75. The van der Waals surface area contributed by atoms with Gasteiger partial charge in [-0.05, 0) is 18.7 Å². The molecule has 0 aliphatic carbocycles. The summed E-state index contributed by atoms with van der Waals surface area (Å²) in [6.45, 7) is 1.66. The van der Waals surface area contributed by atoms with Gasteiger partial charge < -0.3 is 15.0 Å². The highest BCUT2D eigenvalue weighted by Gasteiger charge is 2.31. The van der Waals surface area contributed by atoms with Crippen LogP contribution in [-0.4, -0.2) is 40.6 Å². The van der Waals surface area contributed by atoms with Crippen LogP contribution in [0.15, 0.2) is 18.5 Å². The molecule has 0 saturated heterocycles. The normalized spacial score (nSPS) is 15.0. The summed E-state index contributed by atoms with van der Waals surface area (Å²) in [4.78, 5) is 14.0. The molecular weight excluding hydrogens is 323 g/mol. The van der Waals surface area contributed by atoms with E-state index in [4.69, 9.17) is 4.74 Å². The van der Waals surface area contributed by atoms with E-state index >= 15 is 0 Å². The van der Waals surface area contributed by atoms with Gasteiger partial charge in [0.15, 0.2) is 0 Å². The standard InChI is InChI=1S/C15H16F3N5O/c1-23-4-3-11-9(8-23)5-12(13(21-11)24-2)22-14-19-6-10(7-20-14)15(16,17)18/h5-7H,3-4,8H2,1-2H3,(H,19,20,22). The molecule has 0 bridgehead atoms. The number of ether oxygens (including phenoxy) is 1. The van der Waals surface area contributed by atoms with Crippen LogP contribution in [-0.2, 0) is 19.1 Å². The van der Waals surface area contributed by atoms with Crippen LogP contribution in [0.1, 0.15) is 16.8 Å². The number of halogens is 3. The highest BCUT2D eigenvalue weighted by atomic mass is 19.4. The number of hydrogen-bond acceptors (Lipinski definition) is 6. The van der Waals surface area contributed by atoms with Crippen molar-refractivity contribution in [3.63, 3.8) is 0 Å². The molecule has 2 aromatic heterocycles. The maximum atomic E-state index is 12.6. The number of nitrogens with zero attached hydrogens (tertiary/aromatic N) is 4. The Labute approximate surface area is 136 Å². The van der Waals surface area contributed by atoms with E-state index in [-0.39, 0.29) is 5.95 Å². The summed E-state index contributed by atoms with van der Waals surface area (Å²) in [5.41, 5.74) is 1.62. The topological polar surface area (TPSA) is 63.2 Å². The first kappa shape index (κ1) is 16.4. The molecule has 0 amide bonds. The Morgan fingerprint density at radius 2 is 1.96 bits per heavy atom. The highest BCUT2D eigenvalue weighted by molar-refractivity contribution is 5.61. The molecule has 1 N–H and O–H groups in total. The molecule has 0 saturated carbocycles. The minimum atomic E-state index is -4.46. The van der Waals surface area contributed by atoms with E-state index in [1.54, 1.807) is 0 Å². The van der Waals surface area contributed by atoms with Gasteiger partial charge in [0.25, 0.3) is 0 Å². The number of fused-ring (bicyclic) bond motifs is 1. The van der Waals surface area contributed by atoms with E-state index in [0.717, 1.165) is 43.2 Å². The van der Waals surface area contributed by atoms with Gasteiger partial charge in [-0.1, -0.05) is 0 Å². The van der Waals surface area contributed by atoms with Gasteiger partial charge in [0.05, 0.1) is 18.4 Å². The summed E-state index contributed by atoms with van der Waals surface area (Å²) in [5.74, 6) is 0.411. The van der Waals surface area contributed by atoms with Gasteiger partial charge in [-0.25, -0.2) is 15.0 Å². The summed E-state index contributed by atoms with van der Waals surface area (Å²) in [7, 11) is 3.50. The Bertz CT molecular complexity index is 733. The second-order valence-electron chi connectivity index (χ2n) is 5.56. The molecule has 0 radical (unpaired) electrons. The highest BCUT2D eigenvalue weighted by Crippen LogP contribution is 2.31. The number of pyridine rings is 1. The third-order valence-corrected chi connectivity index (χ3v) is 3.75. The average Bonchev–Trinajstić information content (AvgIpc) is 2.54. The van der Waals surface area contributed by atoms with E-state index < -0.39 is 11.7 Å². The quantitative estimate of drug-likeness (QED) is 0.927. The van der Waals surface area contributed by atoms with Crippen LogP contribution < -0.4 is 10.1 Å². The maximum Gasteiger partial charge on any atom is 0.419 e. The van der Waals surface area contributed by atoms with Crippen molar-refractivity contribution in [3.05, 3.63) is 35.3 Å². The van der Waals surface area contributed by atoms with Gasteiger partial charge in [-0.15, -0.1) is 0 Å². The molecule has 0 unspecified atom stereocenters. The van der Waals surface area contributed by atoms with Gasteiger partial charge in [0, 0.05) is 31.9 Å². The first-order valence-corrected chi connectivity index (χ1v) is 7.28. The average molecular weight is 339 g/mol. The SMILES string of the molecule is COc1nc2c(cc1Nc1ncc(C(F)(F)F)cn1)CN(C)CC2. The van der Waals surface area contributed by atoms with Crippen molar-refractivity contribution in [2.24, 2.45) is 0 Å². The second-order valence-corrected chi connectivity index (χ2v) is 5.56. The van der Waals surface area contributed by atoms with Crippen LogP contribution in [0.4, 0.5) is 24.8 Å². The lowest BCUT2D eigenvalue weighted by Crippen LogP contribution is -2.27. The molecule has 3 heterocycles. The number of methoxy groups -OCH3 is 1. The first-order valence-electron chi connectivity index (χ1n) is 7.28. The lowest BCUT2D eigenvalue weighted by atomic mass is 10.1. The lowest BCUT2D eigenvalue weighted by molar-refractivity contribution is -0.138. The third kappa shape index (κ3) is 3.40. The molecule has 1 aliphatic rings. The molecule has 0 aromatic carbocycles. The molecular formula is C15H16F3N5O. The molecule has 0 fully saturated rings. The molecule has 9 heteroatoms. The van der Waals surface area contributed by atoms with Gasteiger partial charge >= 0.3 is 6.18 Å². The summed E-state index contributed by atoms with van der Waals surface area (Å²) < 4.78 is 42.9. The molecule has 24 heavy (non-hydrogen) atoms. The summed E-state index contributed by atoms with van der Waals surface area (Å²) in [5, 5.41) is 2.87. The van der Waals surface area contributed by atoms with Crippen LogP contribution in [0.2, 0.25) is 0 Å². The maximum absolute atomic E-state index is 12.6. The predicted molar refractivity (Wildman–Crippen MR) is 81.1 cm³/mol. The molecule has 0 spiro atoms. The van der Waals surface area contributed by atoms with Crippen molar-refractivity contribution < 1.29 is 17.9 Å². The lowest BCUT2D eigenvalue weighted by Gasteiger charge is -2.25. The molecule has 0 atom stereocenters. The smallest absolute Gasteiger partial charge is 0.419 e. The molecule has 6 nitrogen and oxygen atoms in total. The van der Waals surface area contributed by atoms with Gasteiger partial charge in [0.2, 0.25) is 11.8 Å². The second kappa shape index (κ2) is 6.23. The molecule has 2 aromatic rings. The van der Waals surface area contributed by atoms with Gasteiger partial charge in [-0.3, -0.25) is 0 Å². The number of rotatable bonds is 3. The van der Waals surface area contributed by atoms with E-state index in [2.05, 4.69) is 25.2 Å². The van der Waals surface area contributed by atoms with Crippen molar-refractivity contribution in [2.45, 2.75) is 19.1 Å². The zero-order valence-corrected chi connectivity index (χ0v) is 13.2. The van der Waals surface area contributed by atoms with Crippen LogP contribution in [0.25, 0.3) is 0 Å². The van der Waals surface area contributed by atoms with Gasteiger partial charge in [0.1, 0.15) is 5.69 Å². The number of anilines is 2. The Kier molecular flexibility index (Phi) is 4.27. The van der Waals surface area contributed by atoms with E-state index in [9.17, 15) is 13.2 Å². The van der Waals surface area contributed by atoms with E-state index in [1.807, 2.05) is 13.1 Å². The fraction of sp³-hybridized carbons (Fsp3) is 0.400. The van der Waals surface area contributed by atoms with Crippen molar-refractivity contribution in [1.82, 2.24) is 19.9 Å². The van der Waals surface area contributed by atoms with Crippen LogP contribution in [0.5, 0.6) is 5.88 Å². The minimum Gasteiger partial charge on any atom is -0.480 e. The molecule has 3 rings (SSSR count). The van der Waals surface area contributed by atoms with Crippen LogP contribution in [0, 0.1) is 0 Å². The molecule has 1 aliphatic heterocycles. The Balaban J connectivity index is 1.88. The zero-order valence-electron chi connectivity index (χ0n) is 13.2. The zero-order chi connectivity index (χ0) is 17.3. The summed E-state index contributed by atoms with van der Waals surface area (Å²) in [6, 6.07) is 1.87. The van der Waals surface area contributed by atoms with Crippen molar-refractivity contribution >= 4 is 11.6 Å². The Hall–Kier alpha value is -2.42. The number of aromatic nitrogens is 3. The fourth-order valence-corrected chi connectivity index (χ4v) is 2.50. The van der Waals surface area contributed by atoms with Crippen molar-refractivity contribution in [3.8, 4) is 5.88 Å². The predicted octanol–water partition coefficient (Wildman–Crippen LogP) is 2.63. The molecule has 128 valence electrons. The van der Waals surface area contributed by atoms with Crippen LogP contribution in [0.3, 0.4) is 0 Å². The number of nitrogens with one attached hydrogen (secondary N) is 1. The number of likely N-dealkylation sites (N-methyl/N-ethyl adjacent to an activating group) is 1. The first-order chi connectivity index (χ1) is 11.4. The van der Waals surface area contributed by atoms with Crippen molar-refractivity contribution in [2.75, 3.05) is 26.0 Å². The monoisotopic (exact) mass is 339 g/mol. The number of hydrogen-bond donors (Lipinski definition) is 1. The fourth-order valence-electron chi connectivity index (χ4n) is 2.50. The van der Waals surface area contributed by atoms with Gasteiger partial charge in [-0.2, -0.15) is 13.2 Å². The van der Waals surface area contributed by atoms with E-state index in [0.29, 0.717) is 11.6 Å². The summed E-state index contributed by atoms with van der Waals surface area (Å²) >= 11 is 0. The largest absolute Gasteiger partial charge is 0.480 e. The summed E-state index contributed by atoms with van der Waals surface area (Å²) in [6.07, 6.45) is -2.17. The minimum absolute atomic E-state index is 0.0483.